The van der Waals surface area contributed by atoms with Crippen molar-refractivity contribution >= 4 is 15.6 Å². The van der Waals surface area contributed by atoms with E-state index in [2.05, 4.69) is 18.3 Å². The number of phosphoric acid groups is 2. The Hall–Kier alpha value is -1.34. The summed E-state index contributed by atoms with van der Waals surface area (Å²) in [5.74, 6) is 0. The van der Waals surface area contributed by atoms with Crippen LogP contribution in [0.15, 0.2) is 15.8 Å². The van der Waals surface area contributed by atoms with E-state index in [-0.39, 0.29) is 12.0 Å². The maximum Gasteiger partial charge on any atom is 0.483 e. The van der Waals surface area contributed by atoms with Gasteiger partial charge in [-0.1, -0.05) is 0 Å². The Labute approximate surface area is 202 Å². The minimum atomic E-state index is -5.50. The van der Waals surface area contributed by atoms with Crippen molar-refractivity contribution in [1.29, 1.82) is 0 Å². The molecule has 1 aromatic rings. The molecule has 10 atom stereocenters. The second-order valence-electron chi connectivity index (χ2n) is 8.11. The van der Waals surface area contributed by atoms with Crippen molar-refractivity contribution in [2.45, 2.75) is 62.4 Å². The van der Waals surface area contributed by atoms with Crippen LogP contribution in [0.1, 0.15) is 18.2 Å². The highest BCUT2D eigenvalue weighted by molar-refractivity contribution is 7.61. The van der Waals surface area contributed by atoms with Crippen LogP contribution in [0.2, 0.25) is 0 Å². The van der Waals surface area contributed by atoms with E-state index in [0.29, 0.717) is 0 Å². The second-order valence-corrected chi connectivity index (χ2v) is 11.1. The molecule has 0 saturated carbocycles. The normalized spacial score (nSPS) is 36.3. The number of aliphatic hydroxyl groups is 4. The zero-order valence-corrected chi connectivity index (χ0v) is 20.4. The summed E-state index contributed by atoms with van der Waals surface area (Å²) in [5, 5.41) is 39.2. The number of phosphoric ester groups is 2. The van der Waals surface area contributed by atoms with Crippen LogP contribution < -0.4 is 17.0 Å². The van der Waals surface area contributed by atoms with E-state index in [0.717, 1.165) is 4.57 Å². The molecule has 0 radical (unpaired) electrons. The summed E-state index contributed by atoms with van der Waals surface area (Å²) in [6, 6.07) is -1.27. The number of nitrogens with one attached hydrogen (secondary N) is 1. The molecular formula is C16H27N3O15P2. The van der Waals surface area contributed by atoms with Crippen molar-refractivity contribution in [1.82, 2.24) is 9.55 Å². The molecule has 2 unspecified atom stereocenters. The lowest BCUT2D eigenvalue weighted by Crippen LogP contribution is -2.62. The second kappa shape index (κ2) is 11.2. The topological polar surface area (TPSA) is 283 Å². The molecule has 0 aromatic carbocycles. The maximum absolute atomic E-state index is 12.2. The van der Waals surface area contributed by atoms with Crippen LogP contribution >= 0.6 is 15.6 Å². The number of aromatic nitrogens is 2. The van der Waals surface area contributed by atoms with Gasteiger partial charge in [0.2, 0.25) is 0 Å². The van der Waals surface area contributed by atoms with Crippen molar-refractivity contribution in [3.05, 3.63) is 32.6 Å². The molecule has 2 aliphatic heterocycles. The molecule has 0 aliphatic carbocycles. The Morgan fingerprint density at radius 2 is 1.81 bits per heavy atom. The smallest absolute Gasteiger partial charge is 0.394 e. The average molecular weight is 563 g/mol. The van der Waals surface area contributed by atoms with Gasteiger partial charge in [0.05, 0.1) is 25.4 Å². The minimum Gasteiger partial charge on any atom is -0.394 e. The Morgan fingerprint density at radius 1 is 1.14 bits per heavy atom. The standard InChI is InChI=1S/C16H27N3O15P2/c1-6-3-19(16(25)18-14(6)24)10-2-7(21)9(31-10)5-30-35(26,27)34-36(28,29)33-15-13(23)12(22)11(17)8(4-20)32-15/h3,7-13,15,20-23H,2,4-5,17H2,1H3,(H,26,27)(H,28,29)(H,18,24,25)/t7-,8+,9+,10+,11+,12-,13+,15+/m0/s1. The largest absolute Gasteiger partial charge is 0.483 e. The average Bonchev–Trinajstić information content (AvgIpc) is 3.14. The molecule has 1 aromatic heterocycles. The number of ether oxygens (including phenoxy) is 2. The fourth-order valence-electron chi connectivity index (χ4n) is 3.51. The third-order valence-corrected chi connectivity index (χ3v) is 8.05. The first kappa shape index (κ1) is 29.2. The molecular weight excluding hydrogens is 536 g/mol. The molecule has 3 rings (SSSR count). The summed E-state index contributed by atoms with van der Waals surface area (Å²) in [5.41, 5.74) is 4.30. The lowest BCUT2D eigenvalue weighted by atomic mass is 9.97. The zero-order valence-electron chi connectivity index (χ0n) is 18.6. The first-order valence-electron chi connectivity index (χ1n) is 10.4. The van der Waals surface area contributed by atoms with Gasteiger partial charge in [-0.15, -0.1) is 0 Å². The molecule has 36 heavy (non-hydrogen) atoms. The van der Waals surface area contributed by atoms with Crippen molar-refractivity contribution in [3.63, 3.8) is 0 Å². The van der Waals surface area contributed by atoms with E-state index in [1.54, 1.807) is 0 Å². The molecule has 3 heterocycles. The molecule has 2 aliphatic rings. The molecule has 0 amide bonds. The quantitative estimate of drug-likeness (QED) is 0.135. The van der Waals surface area contributed by atoms with Gasteiger partial charge in [-0.05, 0) is 6.92 Å². The van der Waals surface area contributed by atoms with Crippen LogP contribution in [-0.4, -0.2) is 95.8 Å². The Morgan fingerprint density at radius 3 is 2.44 bits per heavy atom. The summed E-state index contributed by atoms with van der Waals surface area (Å²) in [7, 11) is -10.9. The van der Waals surface area contributed by atoms with E-state index in [1.165, 1.54) is 13.1 Å². The van der Waals surface area contributed by atoms with Crippen LogP contribution in [0.4, 0.5) is 0 Å². The first-order chi connectivity index (χ1) is 16.6. The summed E-state index contributed by atoms with van der Waals surface area (Å²) in [6.07, 6.45) is -9.73. The third-order valence-electron chi connectivity index (χ3n) is 5.45. The van der Waals surface area contributed by atoms with Crippen molar-refractivity contribution < 1.29 is 62.2 Å². The van der Waals surface area contributed by atoms with Gasteiger partial charge in [-0.3, -0.25) is 23.4 Å². The summed E-state index contributed by atoms with van der Waals surface area (Å²) < 4.78 is 49.1. The molecule has 0 bridgehead atoms. The van der Waals surface area contributed by atoms with E-state index >= 15 is 0 Å². The van der Waals surface area contributed by atoms with E-state index in [4.69, 9.17) is 15.2 Å². The lowest BCUT2D eigenvalue weighted by molar-refractivity contribution is -0.251. The molecule has 2 fully saturated rings. The fraction of sp³-hybridized carbons (Fsp3) is 0.750. The number of rotatable bonds is 9. The molecule has 18 nitrogen and oxygen atoms in total. The first-order valence-corrected chi connectivity index (χ1v) is 13.4. The van der Waals surface area contributed by atoms with Gasteiger partial charge in [-0.25, -0.2) is 13.9 Å². The molecule has 206 valence electrons. The lowest BCUT2D eigenvalue weighted by Gasteiger charge is -2.40. The predicted molar refractivity (Wildman–Crippen MR) is 114 cm³/mol. The number of aryl methyl sites for hydroxylation is 1. The number of nitrogens with two attached hydrogens (primary N) is 1. The molecule has 0 spiro atoms. The van der Waals surface area contributed by atoms with Gasteiger partial charge in [0.25, 0.3) is 5.56 Å². The highest BCUT2D eigenvalue weighted by atomic mass is 31.3. The van der Waals surface area contributed by atoms with Gasteiger partial charge >= 0.3 is 21.3 Å². The Balaban J connectivity index is 1.59. The summed E-state index contributed by atoms with van der Waals surface area (Å²) >= 11 is 0. The van der Waals surface area contributed by atoms with Gasteiger partial charge in [-0.2, -0.15) is 4.31 Å². The highest BCUT2D eigenvalue weighted by Crippen LogP contribution is 2.61. The van der Waals surface area contributed by atoms with E-state index in [9.17, 15) is 48.9 Å². The third kappa shape index (κ3) is 6.75. The van der Waals surface area contributed by atoms with Gasteiger partial charge in [0.15, 0.2) is 6.29 Å². The van der Waals surface area contributed by atoms with Crippen LogP contribution in [-0.2, 0) is 32.0 Å². The van der Waals surface area contributed by atoms with E-state index in [1.807, 2.05) is 0 Å². The summed E-state index contributed by atoms with van der Waals surface area (Å²) in [4.78, 5) is 45.2. The fourth-order valence-corrected chi connectivity index (χ4v) is 5.67. The number of hydrogen-bond acceptors (Lipinski definition) is 14. The predicted octanol–water partition coefficient (Wildman–Crippen LogP) is -3.49. The Bertz CT molecular complexity index is 1140. The monoisotopic (exact) mass is 563 g/mol. The highest BCUT2D eigenvalue weighted by Gasteiger charge is 2.48. The van der Waals surface area contributed by atoms with Crippen LogP contribution in [0.3, 0.4) is 0 Å². The van der Waals surface area contributed by atoms with Crippen LogP contribution in [0.25, 0.3) is 0 Å². The van der Waals surface area contributed by atoms with Gasteiger partial charge in [0.1, 0.15) is 30.6 Å². The van der Waals surface area contributed by atoms with E-state index < -0.39 is 89.2 Å². The molecule has 20 heteroatoms. The van der Waals surface area contributed by atoms with Crippen molar-refractivity contribution in [3.8, 4) is 0 Å². The summed E-state index contributed by atoms with van der Waals surface area (Å²) in [6.45, 7) is -0.157. The van der Waals surface area contributed by atoms with Crippen molar-refractivity contribution in [2.24, 2.45) is 5.73 Å². The minimum absolute atomic E-state index is 0.162. The number of nitrogens with zero attached hydrogens (tertiary/aromatic N) is 1. The number of H-pyrrole nitrogens is 1. The maximum atomic E-state index is 12.2. The van der Waals surface area contributed by atoms with Gasteiger partial charge < -0.3 is 45.4 Å². The Kier molecular flexibility index (Phi) is 9.08. The van der Waals surface area contributed by atoms with Crippen molar-refractivity contribution in [2.75, 3.05) is 13.2 Å². The van der Waals surface area contributed by atoms with Gasteiger partial charge in [0, 0.05) is 18.2 Å². The number of hydrogen-bond donors (Lipinski definition) is 8. The number of aromatic amines is 1. The number of aliphatic hydroxyl groups excluding tert-OH is 4. The van der Waals surface area contributed by atoms with Crippen LogP contribution in [0, 0.1) is 6.92 Å². The molecule has 2 saturated heterocycles. The molecule has 9 N–H and O–H groups in total. The van der Waals surface area contributed by atoms with Crippen LogP contribution in [0.5, 0.6) is 0 Å². The zero-order chi connectivity index (χ0) is 27.0. The SMILES string of the molecule is Cc1cn([C@H]2C[C@H](O)[C@@H](COP(=O)(O)OP(=O)(O)O[C@H]3O[C@H](CO)[C@@H](N)[C@H](O)[C@H]3O)O2)c(=O)[nH]c1=O.